The second-order valence-corrected chi connectivity index (χ2v) is 4.86. The zero-order chi connectivity index (χ0) is 15.8. The molecule has 22 heavy (non-hydrogen) atoms. The summed E-state index contributed by atoms with van der Waals surface area (Å²) in [4.78, 5) is 11.7. The molecule has 2 aromatic carbocycles. The molecular formula is C17H20N2O3. The maximum atomic E-state index is 11.7. The van der Waals surface area contributed by atoms with Crippen LogP contribution in [0.1, 0.15) is 16.7 Å². The Morgan fingerprint density at radius 3 is 1.82 bits per heavy atom. The second kappa shape index (κ2) is 8.05. The van der Waals surface area contributed by atoms with Gasteiger partial charge in [-0.15, -0.1) is 0 Å². The van der Waals surface area contributed by atoms with Crippen molar-refractivity contribution in [1.29, 1.82) is 0 Å². The zero-order valence-electron chi connectivity index (χ0n) is 12.5. The number of aliphatic hydroxyl groups is 1. The van der Waals surface area contributed by atoms with Gasteiger partial charge in [0.2, 0.25) is 0 Å². The average molecular weight is 300 g/mol. The fourth-order valence-electron chi connectivity index (χ4n) is 1.93. The number of nitrogens with one attached hydrogen (secondary N) is 2. The van der Waals surface area contributed by atoms with Crippen LogP contribution < -0.4 is 15.4 Å². The quantitative estimate of drug-likeness (QED) is 0.766. The molecule has 0 aromatic heterocycles. The average Bonchev–Trinajstić information content (AvgIpc) is 2.59. The van der Waals surface area contributed by atoms with Gasteiger partial charge in [0.15, 0.2) is 0 Å². The van der Waals surface area contributed by atoms with Gasteiger partial charge < -0.3 is 20.5 Å². The molecule has 0 bridgehead atoms. The molecule has 0 fully saturated rings. The van der Waals surface area contributed by atoms with E-state index in [0.29, 0.717) is 13.1 Å². The van der Waals surface area contributed by atoms with Crippen LogP contribution in [0.3, 0.4) is 0 Å². The van der Waals surface area contributed by atoms with Gasteiger partial charge in [0, 0.05) is 13.1 Å². The van der Waals surface area contributed by atoms with E-state index in [1.165, 1.54) is 0 Å². The van der Waals surface area contributed by atoms with Gasteiger partial charge in [-0.25, -0.2) is 4.79 Å². The Labute approximate surface area is 129 Å². The van der Waals surface area contributed by atoms with Crippen molar-refractivity contribution in [2.24, 2.45) is 0 Å². The summed E-state index contributed by atoms with van der Waals surface area (Å²) >= 11 is 0. The van der Waals surface area contributed by atoms with Crippen LogP contribution in [0.25, 0.3) is 0 Å². The van der Waals surface area contributed by atoms with E-state index in [1.807, 2.05) is 48.5 Å². The molecule has 3 N–H and O–H groups in total. The minimum Gasteiger partial charge on any atom is -0.497 e. The lowest BCUT2D eigenvalue weighted by Crippen LogP contribution is -2.34. The minimum atomic E-state index is -0.220. The van der Waals surface area contributed by atoms with Crippen LogP contribution in [-0.4, -0.2) is 18.2 Å². The van der Waals surface area contributed by atoms with E-state index >= 15 is 0 Å². The van der Waals surface area contributed by atoms with Crippen LogP contribution in [0.5, 0.6) is 5.75 Å². The normalized spacial score (nSPS) is 10.1. The van der Waals surface area contributed by atoms with Gasteiger partial charge in [0.25, 0.3) is 0 Å². The number of urea groups is 1. The summed E-state index contributed by atoms with van der Waals surface area (Å²) in [6.07, 6.45) is 0. The highest BCUT2D eigenvalue weighted by Gasteiger charge is 2.01. The van der Waals surface area contributed by atoms with Gasteiger partial charge in [-0.2, -0.15) is 0 Å². The highest BCUT2D eigenvalue weighted by atomic mass is 16.5. The third-order valence-corrected chi connectivity index (χ3v) is 3.27. The summed E-state index contributed by atoms with van der Waals surface area (Å²) in [5, 5.41) is 14.6. The molecule has 5 nitrogen and oxygen atoms in total. The molecule has 5 heteroatoms. The molecule has 2 aromatic rings. The summed E-state index contributed by atoms with van der Waals surface area (Å²) in [5.41, 5.74) is 2.84. The number of carbonyl (C=O) groups is 1. The number of hydrogen-bond acceptors (Lipinski definition) is 3. The third-order valence-electron chi connectivity index (χ3n) is 3.27. The number of methoxy groups -OCH3 is 1. The fourth-order valence-corrected chi connectivity index (χ4v) is 1.93. The molecule has 0 spiro atoms. The molecule has 0 saturated heterocycles. The van der Waals surface area contributed by atoms with Crippen molar-refractivity contribution in [3.05, 3.63) is 65.2 Å². The Hall–Kier alpha value is -2.53. The van der Waals surface area contributed by atoms with Crippen molar-refractivity contribution in [1.82, 2.24) is 10.6 Å². The lowest BCUT2D eigenvalue weighted by atomic mass is 10.1. The first-order valence-electron chi connectivity index (χ1n) is 7.04. The van der Waals surface area contributed by atoms with Gasteiger partial charge in [0.1, 0.15) is 5.75 Å². The van der Waals surface area contributed by atoms with Crippen LogP contribution in [-0.2, 0) is 19.7 Å². The Morgan fingerprint density at radius 1 is 0.909 bits per heavy atom. The molecule has 116 valence electrons. The minimum absolute atomic E-state index is 0.0239. The molecule has 0 aliphatic carbocycles. The van der Waals surface area contributed by atoms with Gasteiger partial charge in [-0.1, -0.05) is 36.4 Å². The molecule has 0 atom stereocenters. The first-order valence-corrected chi connectivity index (χ1v) is 7.04. The predicted octanol–water partition coefficient (Wildman–Crippen LogP) is 2.19. The van der Waals surface area contributed by atoms with E-state index in [1.54, 1.807) is 7.11 Å². The summed E-state index contributed by atoms with van der Waals surface area (Å²) in [6.45, 7) is 0.926. The molecule has 0 aliphatic rings. The summed E-state index contributed by atoms with van der Waals surface area (Å²) in [6, 6.07) is 14.8. The van der Waals surface area contributed by atoms with E-state index in [9.17, 15) is 4.79 Å². The Morgan fingerprint density at radius 2 is 1.36 bits per heavy atom. The standard InChI is InChI=1S/C17H20N2O3/c1-22-16-8-6-14(7-9-16)11-19-17(21)18-10-13-2-4-15(12-20)5-3-13/h2-9,20H,10-12H2,1H3,(H2,18,19,21). The molecular weight excluding hydrogens is 280 g/mol. The van der Waals surface area contributed by atoms with Gasteiger partial charge in [0.05, 0.1) is 13.7 Å². The number of ether oxygens (including phenoxy) is 1. The smallest absolute Gasteiger partial charge is 0.315 e. The topological polar surface area (TPSA) is 70.6 Å². The third kappa shape index (κ3) is 4.79. The summed E-state index contributed by atoms with van der Waals surface area (Å²) in [5.74, 6) is 0.791. The van der Waals surface area contributed by atoms with Crippen LogP contribution in [0, 0.1) is 0 Å². The summed E-state index contributed by atoms with van der Waals surface area (Å²) < 4.78 is 5.08. The number of rotatable bonds is 6. The maximum absolute atomic E-state index is 11.7. The number of carbonyl (C=O) groups excluding carboxylic acids is 1. The van der Waals surface area contributed by atoms with Gasteiger partial charge >= 0.3 is 6.03 Å². The monoisotopic (exact) mass is 300 g/mol. The fraction of sp³-hybridized carbons (Fsp3) is 0.235. The first kappa shape index (κ1) is 15.9. The molecule has 0 saturated carbocycles. The number of hydrogen-bond donors (Lipinski definition) is 3. The zero-order valence-corrected chi connectivity index (χ0v) is 12.5. The maximum Gasteiger partial charge on any atom is 0.315 e. The van der Waals surface area contributed by atoms with E-state index in [2.05, 4.69) is 10.6 Å². The SMILES string of the molecule is COc1ccc(CNC(=O)NCc2ccc(CO)cc2)cc1. The van der Waals surface area contributed by atoms with Crippen molar-refractivity contribution in [2.45, 2.75) is 19.7 Å². The van der Waals surface area contributed by atoms with Crippen LogP contribution in [0.4, 0.5) is 4.79 Å². The van der Waals surface area contributed by atoms with Crippen molar-refractivity contribution in [3.63, 3.8) is 0 Å². The molecule has 0 radical (unpaired) electrons. The Bertz CT molecular complexity index is 541. The van der Waals surface area contributed by atoms with Crippen molar-refractivity contribution in [3.8, 4) is 5.75 Å². The van der Waals surface area contributed by atoms with Crippen LogP contribution in [0.15, 0.2) is 48.5 Å². The van der Waals surface area contributed by atoms with Crippen LogP contribution >= 0.6 is 0 Å². The number of benzene rings is 2. The Balaban J connectivity index is 1.74. The molecule has 0 unspecified atom stereocenters. The summed E-state index contributed by atoms with van der Waals surface area (Å²) in [7, 11) is 1.62. The van der Waals surface area contributed by atoms with Crippen molar-refractivity contribution in [2.75, 3.05) is 7.11 Å². The predicted molar refractivity (Wildman–Crippen MR) is 84.4 cm³/mol. The first-order chi connectivity index (χ1) is 10.7. The largest absolute Gasteiger partial charge is 0.497 e. The molecule has 0 aliphatic heterocycles. The highest BCUT2D eigenvalue weighted by molar-refractivity contribution is 5.73. The van der Waals surface area contributed by atoms with Crippen molar-refractivity contribution >= 4 is 6.03 Å². The van der Waals surface area contributed by atoms with E-state index in [4.69, 9.17) is 9.84 Å². The van der Waals surface area contributed by atoms with E-state index in [0.717, 1.165) is 22.4 Å². The van der Waals surface area contributed by atoms with E-state index in [-0.39, 0.29) is 12.6 Å². The highest BCUT2D eigenvalue weighted by Crippen LogP contribution is 2.10. The lowest BCUT2D eigenvalue weighted by molar-refractivity contribution is 0.240. The van der Waals surface area contributed by atoms with Crippen LogP contribution in [0.2, 0.25) is 0 Å². The molecule has 2 rings (SSSR count). The lowest BCUT2D eigenvalue weighted by Gasteiger charge is -2.08. The molecule has 2 amide bonds. The van der Waals surface area contributed by atoms with Gasteiger partial charge in [-0.05, 0) is 28.8 Å². The Kier molecular flexibility index (Phi) is 5.80. The van der Waals surface area contributed by atoms with Gasteiger partial charge in [-0.3, -0.25) is 0 Å². The molecule has 0 heterocycles. The number of amides is 2. The second-order valence-electron chi connectivity index (χ2n) is 4.86. The van der Waals surface area contributed by atoms with Crippen molar-refractivity contribution < 1.29 is 14.6 Å². The number of aliphatic hydroxyl groups excluding tert-OH is 1. The van der Waals surface area contributed by atoms with E-state index < -0.39 is 0 Å².